The quantitative estimate of drug-likeness (QED) is 0.558. The van der Waals surface area contributed by atoms with E-state index in [2.05, 4.69) is 21.6 Å². The number of halogens is 1. The van der Waals surface area contributed by atoms with Crippen LogP contribution in [0.2, 0.25) is 5.02 Å². The normalized spacial score (nSPS) is 11.1. The molecule has 0 fully saturated rings. The Morgan fingerprint density at radius 3 is 2.90 bits per heavy atom. The van der Waals surface area contributed by atoms with Gasteiger partial charge in [0.05, 0.1) is 24.0 Å². The molecule has 5 heteroatoms. The second-order valence-electron chi connectivity index (χ2n) is 4.51. The first kappa shape index (κ1) is 13.5. The second-order valence-corrected chi connectivity index (χ2v) is 4.92. The lowest BCUT2D eigenvalue weighted by molar-refractivity contribution is 0.415. The van der Waals surface area contributed by atoms with Crippen molar-refractivity contribution in [1.29, 1.82) is 0 Å². The molecule has 0 radical (unpaired) electrons. The molecule has 1 heterocycles. The monoisotopic (exact) mass is 299 g/mol. The van der Waals surface area contributed by atoms with Gasteiger partial charge in [-0.05, 0) is 24.3 Å². The molecule has 0 aliphatic heterocycles. The first-order chi connectivity index (χ1) is 10.3. The van der Waals surface area contributed by atoms with Crippen molar-refractivity contribution in [2.75, 3.05) is 12.5 Å². The minimum atomic E-state index is 0.546. The number of fused-ring (bicyclic) bond motifs is 1. The van der Waals surface area contributed by atoms with Crippen LogP contribution in [-0.2, 0) is 0 Å². The number of nitrogens with zero attached hydrogens (tertiary/aromatic N) is 1. The third-order valence-electron chi connectivity index (χ3n) is 3.17. The average Bonchev–Trinajstić information content (AvgIpc) is 2.91. The number of H-pyrrole nitrogens is 1. The van der Waals surface area contributed by atoms with Crippen molar-refractivity contribution in [3.63, 3.8) is 0 Å². The Morgan fingerprint density at radius 2 is 2.10 bits per heavy atom. The molecular formula is C16H14ClN3O. The number of rotatable bonds is 4. The van der Waals surface area contributed by atoms with Crippen molar-refractivity contribution < 1.29 is 4.74 Å². The first-order valence-electron chi connectivity index (χ1n) is 6.46. The molecular weight excluding hydrogens is 286 g/mol. The number of anilines is 1. The largest absolute Gasteiger partial charge is 0.495 e. The van der Waals surface area contributed by atoms with Gasteiger partial charge >= 0.3 is 0 Å². The number of aromatic amines is 1. The zero-order valence-corrected chi connectivity index (χ0v) is 12.2. The lowest BCUT2D eigenvalue weighted by Gasteiger charge is -2.05. The smallest absolute Gasteiger partial charge is 0.137 e. The number of benzene rings is 2. The van der Waals surface area contributed by atoms with Crippen molar-refractivity contribution in [3.8, 4) is 5.75 Å². The fourth-order valence-electron chi connectivity index (χ4n) is 2.11. The van der Waals surface area contributed by atoms with Crippen LogP contribution in [0.5, 0.6) is 5.75 Å². The van der Waals surface area contributed by atoms with Gasteiger partial charge in [0, 0.05) is 22.7 Å². The van der Waals surface area contributed by atoms with E-state index < -0.39 is 0 Å². The molecule has 2 aromatic carbocycles. The summed E-state index contributed by atoms with van der Waals surface area (Å²) in [5.41, 5.74) is 5.87. The van der Waals surface area contributed by atoms with Gasteiger partial charge in [-0.25, -0.2) is 0 Å². The molecule has 1 aromatic heterocycles. The molecule has 0 atom stereocenters. The molecule has 0 saturated carbocycles. The third-order valence-corrected chi connectivity index (χ3v) is 3.47. The van der Waals surface area contributed by atoms with Crippen molar-refractivity contribution in [1.82, 2.24) is 4.98 Å². The number of hydrogen-bond acceptors (Lipinski definition) is 3. The minimum Gasteiger partial charge on any atom is -0.495 e. The van der Waals surface area contributed by atoms with Gasteiger partial charge < -0.3 is 9.72 Å². The van der Waals surface area contributed by atoms with Crippen molar-refractivity contribution in [2.24, 2.45) is 5.10 Å². The lowest BCUT2D eigenvalue weighted by atomic mass is 10.2. The van der Waals surface area contributed by atoms with Crippen LogP contribution < -0.4 is 10.2 Å². The summed E-state index contributed by atoms with van der Waals surface area (Å²) < 4.78 is 5.11. The van der Waals surface area contributed by atoms with Crippen LogP contribution in [0.15, 0.2) is 53.8 Å². The van der Waals surface area contributed by atoms with Gasteiger partial charge in [0.2, 0.25) is 0 Å². The maximum absolute atomic E-state index is 6.06. The van der Waals surface area contributed by atoms with E-state index in [0.29, 0.717) is 10.8 Å². The summed E-state index contributed by atoms with van der Waals surface area (Å²) in [6.45, 7) is 0. The summed E-state index contributed by atoms with van der Waals surface area (Å²) >= 11 is 6.06. The third kappa shape index (κ3) is 2.85. The number of ether oxygens (including phenoxy) is 1. The molecule has 21 heavy (non-hydrogen) atoms. The Balaban J connectivity index is 1.76. The minimum absolute atomic E-state index is 0.546. The molecule has 0 aliphatic carbocycles. The summed E-state index contributed by atoms with van der Waals surface area (Å²) in [7, 11) is 1.59. The molecule has 0 spiro atoms. The number of hydrazone groups is 1. The summed E-state index contributed by atoms with van der Waals surface area (Å²) in [5, 5.41) is 5.92. The molecule has 106 valence electrons. The zero-order valence-electron chi connectivity index (χ0n) is 11.4. The van der Waals surface area contributed by atoms with Crippen LogP contribution in [0.25, 0.3) is 10.9 Å². The zero-order chi connectivity index (χ0) is 14.7. The van der Waals surface area contributed by atoms with Gasteiger partial charge in [-0.15, -0.1) is 0 Å². The second kappa shape index (κ2) is 5.89. The molecule has 0 saturated heterocycles. The van der Waals surface area contributed by atoms with Crippen LogP contribution in [0.1, 0.15) is 5.56 Å². The van der Waals surface area contributed by atoms with Gasteiger partial charge in [0.25, 0.3) is 0 Å². The highest BCUT2D eigenvalue weighted by Gasteiger charge is 2.01. The van der Waals surface area contributed by atoms with Crippen molar-refractivity contribution >= 4 is 34.4 Å². The van der Waals surface area contributed by atoms with Crippen LogP contribution >= 0.6 is 11.6 Å². The fraction of sp³-hybridized carbons (Fsp3) is 0.0625. The Kier molecular flexibility index (Phi) is 3.79. The van der Waals surface area contributed by atoms with Crippen LogP contribution in [-0.4, -0.2) is 18.3 Å². The number of aromatic nitrogens is 1. The van der Waals surface area contributed by atoms with Gasteiger partial charge in [0.1, 0.15) is 5.75 Å². The van der Waals surface area contributed by atoms with E-state index >= 15 is 0 Å². The van der Waals surface area contributed by atoms with E-state index in [1.165, 1.54) is 0 Å². The predicted octanol–water partition coefficient (Wildman–Crippen LogP) is 4.28. The van der Waals surface area contributed by atoms with Crippen LogP contribution in [0.4, 0.5) is 5.69 Å². The molecule has 0 unspecified atom stereocenters. The molecule has 0 bridgehead atoms. The van der Waals surface area contributed by atoms with Crippen LogP contribution in [0.3, 0.4) is 0 Å². The average molecular weight is 300 g/mol. The summed E-state index contributed by atoms with van der Waals surface area (Å²) in [6.07, 6.45) is 3.70. The summed E-state index contributed by atoms with van der Waals surface area (Å²) in [4.78, 5) is 3.20. The van der Waals surface area contributed by atoms with E-state index in [1.54, 1.807) is 25.5 Å². The Hall–Kier alpha value is -2.46. The SMILES string of the molecule is COc1ccc(N/N=C/c2c[nH]c3ccccc23)cc1Cl. The highest BCUT2D eigenvalue weighted by atomic mass is 35.5. The molecule has 3 rings (SSSR count). The number of para-hydroxylation sites is 1. The van der Waals surface area contributed by atoms with Gasteiger partial charge in [-0.2, -0.15) is 5.10 Å². The van der Waals surface area contributed by atoms with E-state index in [-0.39, 0.29) is 0 Å². The standard InChI is InChI=1S/C16H14ClN3O/c1-21-16-7-6-12(8-14(16)17)20-19-10-11-9-18-15-5-3-2-4-13(11)15/h2-10,18,20H,1H3/b19-10+. The highest BCUT2D eigenvalue weighted by Crippen LogP contribution is 2.27. The lowest BCUT2D eigenvalue weighted by Crippen LogP contribution is -1.91. The number of methoxy groups -OCH3 is 1. The Bertz CT molecular complexity index is 795. The van der Waals surface area contributed by atoms with Gasteiger partial charge in [0.15, 0.2) is 0 Å². The Labute approximate surface area is 127 Å². The van der Waals surface area contributed by atoms with Gasteiger partial charge in [-0.3, -0.25) is 5.43 Å². The Morgan fingerprint density at radius 1 is 1.24 bits per heavy atom. The number of hydrogen-bond donors (Lipinski definition) is 2. The molecule has 4 nitrogen and oxygen atoms in total. The van der Waals surface area contributed by atoms with E-state index in [4.69, 9.17) is 16.3 Å². The maximum Gasteiger partial charge on any atom is 0.137 e. The van der Waals surface area contributed by atoms with E-state index in [1.807, 2.05) is 30.5 Å². The molecule has 0 aliphatic rings. The van der Waals surface area contributed by atoms with E-state index in [9.17, 15) is 0 Å². The van der Waals surface area contributed by atoms with Crippen molar-refractivity contribution in [3.05, 3.63) is 59.2 Å². The predicted molar refractivity (Wildman–Crippen MR) is 87.5 cm³/mol. The first-order valence-corrected chi connectivity index (χ1v) is 6.84. The highest BCUT2D eigenvalue weighted by molar-refractivity contribution is 6.32. The summed E-state index contributed by atoms with van der Waals surface area (Å²) in [6, 6.07) is 13.5. The topological polar surface area (TPSA) is 49.4 Å². The maximum atomic E-state index is 6.06. The molecule has 3 aromatic rings. The van der Waals surface area contributed by atoms with Crippen LogP contribution in [0, 0.1) is 0 Å². The number of nitrogens with one attached hydrogen (secondary N) is 2. The fourth-order valence-corrected chi connectivity index (χ4v) is 2.37. The van der Waals surface area contributed by atoms with Crippen molar-refractivity contribution in [2.45, 2.75) is 0 Å². The van der Waals surface area contributed by atoms with E-state index in [0.717, 1.165) is 22.2 Å². The summed E-state index contributed by atoms with van der Waals surface area (Å²) in [5.74, 6) is 0.642. The van der Waals surface area contributed by atoms with Gasteiger partial charge in [-0.1, -0.05) is 29.8 Å². The molecule has 2 N–H and O–H groups in total. The molecule has 0 amide bonds.